The van der Waals surface area contributed by atoms with E-state index in [0.717, 1.165) is 30.2 Å². The van der Waals surface area contributed by atoms with Crippen LogP contribution >= 0.6 is 0 Å². The fourth-order valence-electron chi connectivity index (χ4n) is 2.52. The molecule has 0 spiro atoms. The van der Waals surface area contributed by atoms with Crippen molar-refractivity contribution in [3.05, 3.63) is 59.7 Å². The number of nitrogens with zero attached hydrogens (tertiary/aromatic N) is 1. The first-order valence-electron chi connectivity index (χ1n) is 7.09. The Bertz CT molecular complexity index is 603. The first-order valence-corrected chi connectivity index (χ1v) is 8.41. The van der Waals surface area contributed by atoms with E-state index in [4.69, 9.17) is 4.74 Å². The van der Waals surface area contributed by atoms with Crippen LogP contribution in [0.3, 0.4) is 0 Å². The highest BCUT2D eigenvalue weighted by molar-refractivity contribution is 7.91. The zero-order chi connectivity index (χ0) is 14.7. The van der Waals surface area contributed by atoms with E-state index in [1.165, 1.54) is 11.1 Å². The molecule has 0 bridgehead atoms. The molecule has 1 unspecified atom stereocenters. The summed E-state index contributed by atoms with van der Waals surface area (Å²) in [5, 5.41) is 0. The maximum Gasteiger partial charge on any atom is 0.250 e. The molecule has 21 heavy (non-hydrogen) atoms. The lowest BCUT2D eigenvalue weighted by Gasteiger charge is -2.25. The van der Waals surface area contributed by atoms with Gasteiger partial charge >= 0.3 is 0 Å². The number of hydrogen-bond donors (Lipinski definition) is 0. The lowest BCUT2D eigenvalue weighted by molar-refractivity contribution is 0.311. The van der Waals surface area contributed by atoms with Crippen LogP contribution in [0.25, 0.3) is 0 Å². The molecule has 0 aliphatic carbocycles. The van der Waals surface area contributed by atoms with Crippen LogP contribution in [0.2, 0.25) is 0 Å². The van der Waals surface area contributed by atoms with Gasteiger partial charge in [-0.1, -0.05) is 24.3 Å². The van der Waals surface area contributed by atoms with Crippen molar-refractivity contribution in [2.45, 2.75) is 17.9 Å². The number of rotatable bonds is 4. The van der Waals surface area contributed by atoms with Gasteiger partial charge in [0.25, 0.3) is 0 Å². The highest BCUT2D eigenvalue weighted by atomic mass is 32.2. The van der Waals surface area contributed by atoms with E-state index in [1.807, 2.05) is 36.4 Å². The summed E-state index contributed by atoms with van der Waals surface area (Å²) in [6.45, 7) is 2.07. The van der Waals surface area contributed by atoms with E-state index >= 15 is 0 Å². The topological polar surface area (TPSA) is 35.5 Å². The van der Waals surface area contributed by atoms with E-state index in [9.17, 15) is 4.55 Å². The molecule has 0 N–H and O–H groups in total. The van der Waals surface area contributed by atoms with Crippen molar-refractivity contribution in [2.75, 3.05) is 19.5 Å². The van der Waals surface area contributed by atoms with Crippen molar-refractivity contribution in [3.63, 3.8) is 0 Å². The minimum absolute atomic E-state index is 0.197. The van der Waals surface area contributed by atoms with Gasteiger partial charge in [-0.3, -0.25) is 0 Å². The van der Waals surface area contributed by atoms with E-state index in [1.54, 1.807) is 0 Å². The second kappa shape index (κ2) is 6.52. The molecule has 1 aliphatic heterocycles. The third kappa shape index (κ3) is 3.59. The monoisotopic (exact) mass is 301 g/mol. The normalized spacial score (nSPS) is 16.3. The lowest BCUT2D eigenvalue weighted by Crippen LogP contribution is -2.26. The van der Waals surface area contributed by atoms with Crippen molar-refractivity contribution >= 4 is 11.2 Å². The van der Waals surface area contributed by atoms with E-state index in [2.05, 4.69) is 24.1 Å². The Hall–Kier alpha value is -1.49. The van der Waals surface area contributed by atoms with Crippen molar-refractivity contribution in [1.82, 2.24) is 4.90 Å². The predicted molar refractivity (Wildman–Crippen MR) is 84.8 cm³/mol. The van der Waals surface area contributed by atoms with Gasteiger partial charge in [0, 0.05) is 24.3 Å². The molecule has 1 atom stereocenters. The minimum atomic E-state index is -1.12. The van der Waals surface area contributed by atoms with Crippen LogP contribution in [-0.2, 0) is 24.1 Å². The van der Waals surface area contributed by atoms with Gasteiger partial charge in [-0.25, -0.2) is 0 Å². The molecule has 2 aromatic rings. The predicted octanol–water partition coefficient (Wildman–Crippen LogP) is 2.82. The highest BCUT2D eigenvalue weighted by Gasteiger charge is 2.15. The van der Waals surface area contributed by atoms with Gasteiger partial charge < -0.3 is 14.2 Å². The number of ether oxygens (including phenoxy) is 1. The van der Waals surface area contributed by atoms with Gasteiger partial charge in [0.05, 0.1) is 0 Å². The molecule has 0 saturated carbocycles. The second-order valence-electron chi connectivity index (χ2n) is 5.34. The van der Waals surface area contributed by atoms with Gasteiger partial charge in [0.2, 0.25) is 5.94 Å². The maximum atomic E-state index is 12.1. The summed E-state index contributed by atoms with van der Waals surface area (Å²) in [6, 6.07) is 15.6. The summed E-state index contributed by atoms with van der Waals surface area (Å²) in [7, 11) is 2.14. The Kier molecular flexibility index (Phi) is 4.48. The van der Waals surface area contributed by atoms with Gasteiger partial charge in [-0.15, -0.1) is 0 Å². The number of likely N-dealkylation sites (N-methyl/N-ethyl adjacent to an activating group) is 1. The van der Waals surface area contributed by atoms with Gasteiger partial charge in [0.1, 0.15) is 5.75 Å². The summed E-state index contributed by atoms with van der Waals surface area (Å²) in [5.74, 6) is 1.01. The Balaban J connectivity index is 1.63. The molecule has 1 aliphatic rings. The van der Waals surface area contributed by atoms with Crippen LogP contribution in [-0.4, -0.2) is 29.0 Å². The summed E-state index contributed by atoms with van der Waals surface area (Å²) in [4.78, 5) is 3.12. The van der Waals surface area contributed by atoms with Crippen LogP contribution in [0.1, 0.15) is 11.1 Å². The average molecular weight is 301 g/mol. The van der Waals surface area contributed by atoms with Gasteiger partial charge in [-0.05, 0) is 48.9 Å². The smallest absolute Gasteiger partial charge is 0.250 e. The molecule has 4 heteroatoms. The molecule has 0 saturated heterocycles. The minimum Gasteiger partial charge on any atom is -0.609 e. The zero-order valence-electron chi connectivity index (χ0n) is 12.1. The van der Waals surface area contributed by atoms with Crippen molar-refractivity contribution < 1.29 is 9.29 Å². The highest BCUT2D eigenvalue weighted by Crippen LogP contribution is 2.24. The van der Waals surface area contributed by atoms with Crippen LogP contribution in [0.5, 0.6) is 5.75 Å². The van der Waals surface area contributed by atoms with Crippen LogP contribution in [0, 0.1) is 0 Å². The molecule has 2 aromatic carbocycles. The Morgan fingerprint density at radius 3 is 2.76 bits per heavy atom. The third-order valence-electron chi connectivity index (χ3n) is 3.72. The first kappa shape index (κ1) is 14.4. The Labute approximate surface area is 128 Å². The van der Waals surface area contributed by atoms with Crippen LogP contribution in [0.15, 0.2) is 53.4 Å². The molecule has 110 valence electrons. The van der Waals surface area contributed by atoms with E-state index in [-0.39, 0.29) is 5.94 Å². The Morgan fingerprint density at radius 2 is 1.95 bits per heavy atom. The van der Waals surface area contributed by atoms with Gasteiger partial charge in [-0.2, -0.15) is 0 Å². The Morgan fingerprint density at radius 1 is 1.14 bits per heavy atom. The average Bonchev–Trinajstić information content (AvgIpc) is 2.53. The molecule has 0 amide bonds. The van der Waals surface area contributed by atoms with Crippen molar-refractivity contribution in [3.8, 4) is 5.75 Å². The molecule has 3 nitrogen and oxygen atoms in total. The molecular formula is C17H19NO2S. The molecular weight excluding hydrogens is 282 g/mol. The molecule has 1 heterocycles. The summed E-state index contributed by atoms with van der Waals surface area (Å²) < 4.78 is 17.8. The van der Waals surface area contributed by atoms with Gasteiger partial charge in [0.15, 0.2) is 4.90 Å². The standard InChI is InChI=1S/C17H19NO2S/c1-18-10-9-14-11-16(8-7-15(14)12-18)20-13-21(19)17-5-3-2-4-6-17/h2-8,11H,9-10,12-13H2,1H3. The summed E-state index contributed by atoms with van der Waals surface area (Å²) in [6.07, 6.45) is 1.05. The molecule has 3 rings (SSSR count). The first-order chi connectivity index (χ1) is 10.2. The molecule has 0 fully saturated rings. The molecule has 0 radical (unpaired) electrons. The molecule has 0 aromatic heterocycles. The fraction of sp³-hybridized carbons (Fsp3) is 0.294. The summed E-state index contributed by atoms with van der Waals surface area (Å²) >= 11 is -1.12. The van der Waals surface area contributed by atoms with Crippen LogP contribution in [0.4, 0.5) is 0 Å². The van der Waals surface area contributed by atoms with Crippen molar-refractivity contribution in [2.24, 2.45) is 0 Å². The summed E-state index contributed by atoms with van der Waals surface area (Å²) in [5.41, 5.74) is 2.70. The zero-order valence-corrected chi connectivity index (χ0v) is 12.9. The quantitative estimate of drug-likeness (QED) is 0.815. The number of hydrogen-bond acceptors (Lipinski definition) is 3. The van der Waals surface area contributed by atoms with Crippen LogP contribution < -0.4 is 4.74 Å². The third-order valence-corrected chi connectivity index (χ3v) is 4.85. The van der Waals surface area contributed by atoms with Crippen molar-refractivity contribution in [1.29, 1.82) is 0 Å². The largest absolute Gasteiger partial charge is 0.609 e. The number of fused-ring (bicyclic) bond motifs is 1. The maximum absolute atomic E-state index is 12.1. The van der Waals surface area contributed by atoms with E-state index in [0.29, 0.717) is 0 Å². The SMILES string of the molecule is CN1CCc2cc(OC[S+]([O-])c3ccccc3)ccc2C1. The number of benzene rings is 2. The fourth-order valence-corrected chi connectivity index (χ4v) is 3.36. The second-order valence-corrected chi connectivity index (χ2v) is 6.74. The lowest BCUT2D eigenvalue weighted by atomic mass is 10.00. The van der Waals surface area contributed by atoms with E-state index < -0.39 is 11.2 Å².